The summed E-state index contributed by atoms with van der Waals surface area (Å²) in [7, 11) is 0. The molecule has 0 aliphatic rings. The van der Waals surface area contributed by atoms with Crippen LogP contribution in [0.4, 0.5) is 0 Å². The zero-order valence-corrected chi connectivity index (χ0v) is 50.8. The van der Waals surface area contributed by atoms with E-state index in [1.807, 2.05) is 0 Å². The molecular formula is C69H130O6. The molecule has 0 aromatic heterocycles. The van der Waals surface area contributed by atoms with Crippen molar-refractivity contribution in [1.82, 2.24) is 0 Å². The maximum absolute atomic E-state index is 12.9. The Kier molecular flexibility index (Phi) is 62.6. The van der Waals surface area contributed by atoms with E-state index in [0.29, 0.717) is 19.3 Å². The lowest BCUT2D eigenvalue weighted by atomic mass is 10.0. The zero-order chi connectivity index (χ0) is 54.3. The second-order valence-electron chi connectivity index (χ2n) is 23.1. The summed E-state index contributed by atoms with van der Waals surface area (Å²) in [4.78, 5) is 38.1. The Bertz CT molecular complexity index is 1210. The fourth-order valence-electron chi connectivity index (χ4n) is 10.4. The number of unbranched alkanes of at least 4 members (excludes halogenated alkanes) is 48. The van der Waals surface area contributed by atoms with Crippen LogP contribution < -0.4 is 0 Å². The number of allylic oxidation sites excluding steroid dienone is 4. The lowest BCUT2D eigenvalue weighted by Gasteiger charge is -2.18. The van der Waals surface area contributed by atoms with Crippen molar-refractivity contribution in [2.45, 2.75) is 386 Å². The van der Waals surface area contributed by atoms with Gasteiger partial charge in [-0.05, 0) is 51.4 Å². The lowest BCUT2D eigenvalue weighted by molar-refractivity contribution is -0.167. The molecule has 0 bridgehead atoms. The average molecular weight is 1060 g/mol. The number of hydrogen-bond donors (Lipinski definition) is 0. The first-order valence-corrected chi connectivity index (χ1v) is 33.8. The van der Waals surface area contributed by atoms with Gasteiger partial charge in [0.2, 0.25) is 0 Å². The first-order chi connectivity index (χ1) is 37.0. The average Bonchev–Trinajstić information content (AvgIpc) is 3.41. The molecule has 0 aromatic carbocycles. The van der Waals surface area contributed by atoms with Gasteiger partial charge in [-0.2, -0.15) is 0 Å². The molecule has 0 aromatic rings. The molecular weight excluding hydrogens is 925 g/mol. The van der Waals surface area contributed by atoms with Gasteiger partial charge in [-0.3, -0.25) is 14.4 Å². The summed E-state index contributed by atoms with van der Waals surface area (Å²) >= 11 is 0. The van der Waals surface area contributed by atoms with Crippen LogP contribution in [0.3, 0.4) is 0 Å². The van der Waals surface area contributed by atoms with Gasteiger partial charge in [0.05, 0.1) is 0 Å². The second-order valence-corrected chi connectivity index (χ2v) is 23.1. The van der Waals surface area contributed by atoms with E-state index in [1.54, 1.807) is 0 Å². The molecule has 0 heterocycles. The maximum atomic E-state index is 12.9. The monoisotopic (exact) mass is 1050 g/mol. The normalized spacial score (nSPS) is 12.1. The van der Waals surface area contributed by atoms with Gasteiger partial charge in [0.25, 0.3) is 0 Å². The molecule has 0 saturated heterocycles. The van der Waals surface area contributed by atoms with Crippen molar-refractivity contribution in [3.05, 3.63) is 24.3 Å². The first-order valence-electron chi connectivity index (χ1n) is 33.8. The standard InChI is InChI=1S/C69H130O6/c1-4-7-10-13-16-19-21-23-25-27-29-30-31-32-33-34-35-36-37-38-39-41-42-44-46-48-50-53-56-59-62-68(71)74-65-66(64-73-67(70)61-58-55-52-18-15-12-9-6-3)75-69(72)63-60-57-54-51-49-47-45-43-40-28-26-24-22-20-17-14-11-8-5-2/h17,20,24,26,66H,4-16,18-19,21-23,25,27-65H2,1-3H3/b20-17-,26-24-. The Morgan fingerprint density at radius 1 is 0.267 bits per heavy atom. The fraction of sp³-hybridized carbons (Fsp3) is 0.899. The number of hydrogen-bond acceptors (Lipinski definition) is 6. The van der Waals surface area contributed by atoms with Crippen molar-refractivity contribution in [3.8, 4) is 0 Å². The van der Waals surface area contributed by atoms with E-state index in [1.165, 1.54) is 276 Å². The van der Waals surface area contributed by atoms with Crippen LogP contribution in [0, 0.1) is 0 Å². The highest BCUT2D eigenvalue weighted by atomic mass is 16.6. The summed E-state index contributed by atoms with van der Waals surface area (Å²) in [5, 5.41) is 0. The SMILES string of the molecule is CCCCC/C=C\C/C=C\CCCCCCCCCCCC(=O)OC(COC(=O)CCCCCCCCCC)COC(=O)CCCCCCCCCCCCCCCCCCCCCCCCCCCCCCCC. The molecule has 0 rings (SSSR count). The van der Waals surface area contributed by atoms with Gasteiger partial charge >= 0.3 is 17.9 Å². The van der Waals surface area contributed by atoms with E-state index in [-0.39, 0.29) is 31.1 Å². The van der Waals surface area contributed by atoms with E-state index in [2.05, 4.69) is 45.1 Å². The second kappa shape index (κ2) is 64.4. The van der Waals surface area contributed by atoms with Gasteiger partial charge in [-0.25, -0.2) is 0 Å². The summed E-state index contributed by atoms with van der Waals surface area (Å²) in [6.07, 6.45) is 78.0. The van der Waals surface area contributed by atoms with Gasteiger partial charge in [-0.15, -0.1) is 0 Å². The topological polar surface area (TPSA) is 78.9 Å². The summed E-state index contributed by atoms with van der Waals surface area (Å²) in [5.41, 5.74) is 0. The van der Waals surface area contributed by atoms with Crippen LogP contribution in [0.5, 0.6) is 0 Å². The van der Waals surface area contributed by atoms with E-state index >= 15 is 0 Å². The van der Waals surface area contributed by atoms with E-state index in [9.17, 15) is 14.4 Å². The van der Waals surface area contributed by atoms with Crippen LogP contribution in [-0.4, -0.2) is 37.2 Å². The minimum Gasteiger partial charge on any atom is -0.462 e. The summed E-state index contributed by atoms with van der Waals surface area (Å²) < 4.78 is 16.9. The molecule has 6 nitrogen and oxygen atoms in total. The third kappa shape index (κ3) is 62.6. The van der Waals surface area contributed by atoms with Gasteiger partial charge < -0.3 is 14.2 Å². The molecule has 1 atom stereocenters. The predicted octanol–water partition coefficient (Wildman–Crippen LogP) is 23.0. The molecule has 0 saturated carbocycles. The highest BCUT2D eigenvalue weighted by Crippen LogP contribution is 2.19. The maximum Gasteiger partial charge on any atom is 0.306 e. The summed E-state index contributed by atoms with van der Waals surface area (Å²) in [6.45, 7) is 6.65. The van der Waals surface area contributed by atoms with Crippen LogP contribution in [-0.2, 0) is 28.6 Å². The molecule has 0 fully saturated rings. The molecule has 0 radical (unpaired) electrons. The zero-order valence-electron chi connectivity index (χ0n) is 50.8. The highest BCUT2D eigenvalue weighted by molar-refractivity contribution is 5.71. The molecule has 0 spiro atoms. The molecule has 442 valence electrons. The van der Waals surface area contributed by atoms with Crippen molar-refractivity contribution < 1.29 is 28.6 Å². The van der Waals surface area contributed by atoms with Crippen molar-refractivity contribution in [1.29, 1.82) is 0 Å². The molecule has 0 N–H and O–H groups in total. The first kappa shape index (κ1) is 72.9. The quantitative estimate of drug-likeness (QED) is 0.0261. The van der Waals surface area contributed by atoms with Crippen LogP contribution in [0.15, 0.2) is 24.3 Å². The van der Waals surface area contributed by atoms with Gasteiger partial charge in [0, 0.05) is 19.3 Å². The number of carbonyl (C=O) groups excluding carboxylic acids is 3. The van der Waals surface area contributed by atoms with Crippen LogP contribution in [0.2, 0.25) is 0 Å². The van der Waals surface area contributed by atoms with Gasteiger partial charge in [0.1, 0.15) is 13.2 Å². The smallest absolute Gasteiger partial charge is 0.306 e. The lowest BCUT2D eigenvalue weighted by Crippen LogP contribution is -2.30. The van der Waals surface area contributed by atoms with Crippen molar-refractivity contribution in [2.75, 3.05) is 13.2 Å². The predicted molar refractivity (Wildman–Crippen MR) is 326 cm³/mol. The minimum atomic E-state index is -0.768. The molecule has 0 amide bonds. The molecule has 1 unspecified atom stereocenters. The third-order valence-corrected chi connectivity index (χ3v) is 15.5. The van der Waals surface area contributed by atoms with Gasteiger partial charge in [0.15, 0.2) is 6.10 Å². The minimum absolute atomic E-state index is 0.0674. The molecule has 0 aliphatic carbocycles. The van der Waals surface area contributed by atoms with Crippen LogP contribution in [0.1, 0.15) is 380 Å². The Labute approximate surface area is 468 Å². The van der Waals surface area contributed by atoms with E-state index < -0.39 is 6.10 Å². The fourth-order valence-corrected chi connectivity index (χ4v) is 10.4. The third-order valence-electron chi connectivity index (χ3n) is 15.5. The number of ether oxygens (including phenoxy) is 3. The molecule has 0 aliphatic heterocycles. The Morgan fingerprint density at radius 3 is 0.760 bits per heavy atom. The van der Waals surface area contributed by atoms with E-state index in [0.717, 1.165) is 64.2 Å². The van der Waals surface area contributed by atoms with Crippen molar-refractivity contribution in [2.24, 2.45) is 0 Å². The Hall–Kier alpha value is -2.11. The highest BCUT2D eigenvalue weighted by Gasteiger charge is 2.19. The van der Waals surface area contributed by atoms with Crippen LogP contribution in [0.25, 0.3) is 0 Å². The van der Waals surface area contributed by atoms with Crippen LogP contribution >= 0.6 is 0 Å². The molecule has 75 heavy (non-hydrogen) atoms. The van der Waals surface area contributed by atoms with Gasteiger partial charge in [-0.1, -0.05) is 334 Å². The number of esters is 3. The van der Waals surface area contributed by atoms with Crippen molar-refractivity contribution in [3.63, 3.8) is 0 Å². The largest absolute Gasteiger partial charge is 0.462 e. The van der Waals surface area contributed by atoms with Crippen molar-refractivity contribution >= 4 is 17.9 Å². The number of rotatable bonds is 63. The molecule has 6 heteroatoms. The summed E-state index contributed by atoms with van der Waals surface area (Å²) in [6, 6.07) is 0. The number of carbonyl (C=O) groups is 3. The Balaban J connectivity index is 4.03. The Morgan fingerprint density at radius 2 is 0.480 bits per heavy atom. The van der Waals surface area contributed by atoms with E-state index in [4.69, 9.17) is 14.2 Å². The summed E-state index contributed by atoms with van der Waals surface area (Å²) in [5.74, 6) is -0.851.